The molecule has 0 unspecified atom stereocenters. The summed E-state index contributed by atoms with van der Waals surface area (Å²) in [4.78, 5) is 2.78. The summed E-state index contributed by atoms with van der Waals surface area (Å²) < 4.78 is 0. The van der Waals surface area contributed by atoms with Gasteiger partial charge in [-0.1, -0.05) is 26.7 Å². The minimum absolute atomic E-state index is 0.321. The molecule has 1 aliphatic carbocycles. The molecule has 1 saturated carbocycles. The Morgan fingerprint density at radius 1 is 1.12 bits per heavy atom. The highest BCUT2D eigenvalue weighted by molar-refractivity contribution is 4.88. The van der Waals surface area contributed by atoms with Crippen LogP contribution in [0.15, 0.2) is 0 Å². The topological polar surface area (TPSA) is 29.3 Å². The maximum Gasteiger partial charge on any atom is 0.0123 e. The third-order valence-corrected chi connectivity index (χ3v) is 4.99. The Morgan fingerprint density at radius 3 is 2.59 bits per heavy atom. The van der Waals surface area contributed by atoms with Gasteiger partial charge in [-0.25, -0.2) is 0 Å². The van der Waals surface area contributed by atoms with Crippen molar-refractivity contribution in [3.8, 4) is 0 Å². The van der Waals surface area contributed by atoms with Crippen molar-refractivity contribution >= 4 is 0 Å². The van der Waals surface area contributed by atoms with E-state index in [1.807, 2.05) is 0 Å². The average molecular weight is 238 g/mol. The molecule has 2 aliphatic rings. The molecular formula is C15H30N2. The van der Waals surface area contributed by atoms with Crippen LogP contribution in [-0.2, 0) is 0 Å². The molecule has 0 aromatic heterocycles. The van der Waals surface area contributed by atoms with Gasteiger partial charge >= 0.3 is 0 Å². The van der Waals surface area contributed by atoms with Gasteiger partial charge in [0.05, 0.1) is 0 Å². The van der Waals surface area contributed by atoms with Crippen molar-refractivity contribution in [2.24, 2.45) is 17.1 Å². The van der Waals surface area contributed by atoms with Crippen LogP contribution in [0.2, 0.25) is 0 Å². The average Bonchev–Trinajstić information content (AvgIpc) is 2.36. The molecule has 0 radical (unpaired) electrons. The summed E-state index contributed by atoms with van der Waals surface area (Å²) in [7, 11) is 0. The highest BCUT2D eigenvalue weighted by Crippen LogP contribution is 2.35. The van der Waals surface area contributed by atoms with Crippen LogP contribution in [0.3, 0.4) is 0 Å². The molecule has 2 atom stereocenters. The van der Waals surface area contributed by atoms with Crippen LogP contribution in [0.25, 0.3) is 0 Å². The Morgan fingerprint density at radius 2 is 1.82 bits per heavy atom. The van der Waals surface area contributed by atoms with E-state index in [0.29, 0.717) is 5.41 Å². The zero-order valence-electron chi connectivity index (χ0n) is 11.8. The molecule has 1 saturated heterocycles. The van der Waals surface area contributed by atoms with Crippen LogP contribution in [0, 0.1) is 11.3 Å². The number of rotatable bonds is 4. The van der Waals surface area contributed by atoms with Gasteiger partial charge in [-0.05, 0) is 63.1 Å². The Balaban J connectivity index is 1.86. The lowest BCUT2D eigenvalue weighted by Crippen LogP contribution is -2.48. The van der Waals surface area contributed by atoms with E-state index in [2.05, 4.69) is 18.7 Å². The van der Waals surface area contributed by atoms with Crippen LogP contribution in [0.4, 0.5) is 0 Å². The van der Waals surface area contributed by atoms with Crippen LogP contribution in [0.1, 0.15) is 58.8 Å². The molecule has 17 heavy (non-hydrogen) atoms. The second-order valence-electron chi connectivity index (χ2n) is 6.91. The molecule has 1 aliphatic heterocycles. The Bertz CT molecular complexity index is 235. The number of likely N-dealkylation sites (tertiary alicyclic amines) is 1. The van der Waals surface area contributed by atoms with E-state index < -0.39 is 0 Å². The monoisotopic (exact) mass is 238 g/mol. The highest BCUT2D eigenvalue weighted by Gasteiger charge is 2.33. The zero-order chi connectivity index (χ0) is 12.3. The summed E-state index contributed by atoms with van der Waals surface area (Å²) in [6, 6.07) is 0.908. The smallest absolute Gasteiger partial charge is 0.0123 e. The van der Waals surface area contributed by atoms with E-state index in [1.54, 1.807) is 0 Å². The maximum absolute atomic E-state index is 5.84. The molecule has 0 bridgehead atoms. The molecule has 2 nitrogen and oxygen atoms in total. The van der Waals surface area contributed by atoms with E-state index >= 15 is 0 Å². The lowest BCUT2D eigenvalue weighted by molar-refractivity contribution is 0.0518. The van der Waals surface area contributed by atoms with Crippen LogP contribution in [0.5, 0.6) is 0 Å². The number of nitrogens with two attached hydrogens (primary N) is 1. The third-order valence-electron chi connectivity index (χ3n) is 4.99. The molecule has 1 heterocycles. The number of nitrogens with zero attached hydrogens (tertiary/aromatic N) is 1. The summed E-state index contributed by atoms with van der Waals surface area (Å²) in [5.74, 6) is 1.01. The van der Waals surface area contributed by atoms with Gasteiger partial charge in [0, 0.05) is 6.04 Å². The van der Waals surface area contributed by atoms with E-state index in [0.717, 1.165) is 18.5 Å². The molecule has 0 aromatic carbocycles. The molecule has 2 N–H and O–H groups in total. The first-order valence-corrected chi connectivity index (χ1v) is 7.56. The Kier molecular flexibility index (Phi) is 4.48. The first-order chi connectivity index (χ1) is 8.12. The van der Waals surface area contributed by atoms with E-state index in [4.69, 9.17) is 5.73 Å². The molecular weight excluding hydrogens is 208 g/mol. The van der Waals surface area contributed by atoms with Gasteiger partial charge in [0.1, 0.15) is 0 Å². The fourth-order valence-corrected chi connectivity index (χ4v) is 3.55. The molecule has 2 rings (SSSR count). The predicted molar refractivity (Wildman–Crippen MR) is 74.0 cm³/mol. The second kappa shape index (κ2) is 5.71. The van der Waals surface area contributed by atoms with Gasteiger partial charge < -0.3 is 10.6 Å². The minimum Gasteiger partial charge on any atom is -0.330 e. The maximum atomic E-state index is 5.84. The summed E-state index contributed by atoms with van der Waals surface area (Å²) in [5, 5.41) is 0. The normalized spacial score (nSPS) is 31.2. The molecule has 0 aromatic rings. The van der Waals surface area contributed by atoms with Crippen LogP contribution in [-0.4, -0.2) is 30.6 Å². The summed E-state index contributed by atoms with van der Waals surface area (Å²) >= 11 is 0. The molecule has 100 valence electrons. The first-order valence-electron chi connectivity index (χ1n) is 7.56. The van der Waals surface area contributed by atoms with Crippen molar-refractivity contribution < 1.29 is 0 Å². The van der Waals surface area contributed by atoms with Gasteiger partial charge in [-0.15, -0.1) is 0 Å². The van der Waals surface area contributed by atoms with Crippen molar-refractivity contribution in [2.75, 3.05) is 19.6 Å². The van der Waals surface area contributed by atoms with E-state index in [-0.39, 0.29) is 0 Å². The SMILES string of the molecule is CC(C)(CN)CCN1CCC[C@H]2CCCC[C@H]21. The largest absolute Gasteiger partial charge is 0.330 e. The number of piperidine rings is 1. The Labute approximate surface area is 107 Å². The molecule has 0 amide bonds. The molecule has 2 fully saturated rings. The van der Waals surface area contributed by atoms with E-state index in [1.165, 1.54) is 58.0 Å². The van der Waals surface area contributed by atoms with Crippen molar-refractivity contribution in [3.63, 3.8) is 0 Å². The molecule has 2 heteroatoms. The van der Waals surface area contributed by atoms with Crippen LogP contribution < -0.4 is 5.73 Å². The van der Waals surface area contributed by atoms with E-state index in [9.17, 15) is 0 Å². The summed E-state index contributed by atoms with van der Waals surface area (Å²) in [6.45, 7) is 8.02. The lowest BCUT2D eigenvalue weighted by atomic mass is 9.78. The van der Waals surface area contributed by atoms with Gasteiger partial charge in [-0.3, -0.25) is 0 Å². The minimum atomic E-state index is 0.321. The van der Waals surface area contributed by atoms with Gasteiger partial charge in [0.2, 0.25) is 0 Å². The summed E-state index contributed by atoms with van der Waals surface area (Å²) in [5.41, 5.74) is 6.16. The quantitative estimate of drug-likeness (QED) is 0.816. The zero-order valence-corrected chi connectivity index (χ0v) is 11.8. The second-order valence-corrected chi connectivity index (χ2v) is 6.91. The highest BCUT2D eigenvalue weighted by atomic mass is 15.2. The first kappa shape index (κ1) is 13.4. The standard InChI is InChI=1S/C15H30N2/c1-15(2,12-16)9-11-17-10-5-7-13-6-3-4-8-14(13)17/h13-14H,3-12,16H2,1-2H3/t13-,14-/m1/s1. The fraction of sp³-hybridized carbons (Fsp3) is 1.00. The summed E-state index contributed by atoms with van der Waals surface area (Å²) in [6.07, 6.45) is 10.0. The predicted octanol–water partition coefficient (Wildman–Crippen LogP) is 3.02. The van der Waals surface area contributed by atoms with Crippen LogP contribution >= 0.6 is 0 Å². The third kappa shape index (κ3) is 3.45. The van der Waals surface area contributed by atoms with Gasteiger partial charge in [0.25, 0.3) is 0 Å². The number of hydrogen-bond acceptors (Lipinski definition) is 2. The van der Waals surface area contributed by atoms with Gasteiger partial charge in [-0.2, -0.15) is 0 Å². The Hall–Kier alpha value is -0.0800. The van der Waals surface area contributed by atoms with Crippen molar-refractivity contribution in [2.45, 2.75) is 64.8 Å². The van der Waals surface area contributed by atoms with Gasteiger partial charge in [0.15, 0.2) is 0 Å². The van der Waals surface area contributed by atoms with Crippen molar-refractivity contribution in [1.82, 2.24) is 4.90 Å². The fourth-order valence-electron chi connectivity index (χ4n) is 3.55. The number of fused-ring (bicyclic) bond motifs is 1. The lowest BCUT2D eigenvalue weighted by Gasteiger charge is -2.45. The van der Waals surface area contributed by atoms with Crippen molar-refractivity contribution in [3.05, 3.63) is 0 Å². The molecule has 0 spiro atoms. The van der Waals surface area contributed by atoms with Crippen molar-refractivity contribution in [1.29, 1.82) is 0 Å². The number of hydrogen-bond donors (Lipinski definition) is 1.